The number of hydrogen-bond donors (Lipinski definition) is 1. The molecule has 0 aliphatic heterocycles. The van der Waals surface area contributed by atoms with E-state index in [2.05, 4.69) is 5.32 Å². The summed E-state index contributed by atoms with van der Waals surface area (Å²) in [5.41, 5.74) is 1.04. The van der Waals surface area contributed by atoms with Crippen LogP contribution in [-0.2, 0) is 10.0 Å². The summed E-state index contributed by atoms with van der Waals surface area (Å²) in [4.78, 5) is 12.8. The number of para-hydroxylation sites is 1. The molecule has 6 nitrogen and oxygen atoms in total. The highest BCUT2D eigenvalue weighted by molar-refractivity contribution is 7.89. The smallest absolute Gasteiger partial charge is 0.251 e. The predicted molar refractivity (Wildman–Crippen MR) is 109 cm³/mol. The Kier molecular flexibility index (Phi) is 5.86. The first-order valence-corrected chi connectivity index (χ1v) is 10.7. The molecule has 3 rings (SSSR count). The second kappa shape index (κ2) is 8.16. The molecule has 0 bridgehead atoms. The Morgan fingerprint density at radius 1 is 1.07 bits per heavy atom. The SMILES string of the molecule is CCN(CC)S(=O)(=O)c1cccc(C(=O)NC(C)c2cc3ccccc3o2)c1. The quantitative estimate of drug-likeness (QED) is 0.651. The average molecular weight is 401 g/mol. The molecule has 3 aromatic rings. The van der Waals surface area contributed by atoms with Crippen molar-refractivity contribution < 1.29 is 17.6 Å². The largest absolute Gasteiger partial charge is 0.459 e. The molecule has 1 heterocycles. The summed E-state index contributed by atoms with van der Waals surface area (Å²) >= 11 is 0. The van der Waals surface area contributed by atoms with Gasteiger partial charge in [0, 0.05) is 24.0 Å². The Morgan fingerprint density at radius 3 is 2.46 bits per heavy atom. The summed E-state index contributed by atoms with van der Waals surface area (Å²) in [5.74, 6) is 0.283. The van der Waals surface area contributed by atoms with Crippen molar-refractivity contribution in [1.82, 2.24) is 9.62 Å². The van der Waals surface area contributed by atoms with Crippen molar-refractivity contribution in [3.8, 4) is 0 Å². The van der Waals surface area contributed by atoms with Crippen molar-refractivity contribution in [2.45, 2.75) is 31.7 Å². The zero-order valence-electron chi connectivity index (χ0n) is 16.2. The van der Waals surface area contributed by atoms with Crippen LogP contribution in [0.1, 0.15) is 42.9 Å². The highest BCUT2D eigenvalue weighted by Gasteiger charge is 2.23. The van der Waals surface area contributed by atoms with Crippen LogP contribution in [0.25, 0.3) is 11.0 Å². The number of sulfonamides is 1. The van der Waals surface area contributed by atoms with Gasteiger partial charge in [-0.05, 0) is 37.3 Å². The third-order valence-corrected chi connectivity index (χ3v) is 6.70. The summed E-state index contributed by atoms with van der Waals surface area (Å²) in [7, 11) is -3.62. The first-order valence-electron chi connectivity index (χ1n) is 9.26. The lowest BCUT2D eigenvalue weighted by Crippen LogP contribution is -2.31. The Balaban J connectivity index is 1.81. The molecule has 1 amide bonds. The van der Waals surface area contributed by atoms with Crippen molar-refractivity contribution >= 4 is 26.9 Å². The van der Waals surface area contributed by atoms with Crippen LogP contribution < -0.4 is 5.32 Å². The van der Waals surface area contributed by atoms with Gasteiger partial charge in [0.05, 0.1) is 10.9 Å². The zero-order valence-corrected chi connectivity index (χ0v) is 17.0. The second-order valence-corrected chi connectivity index (χ2v) is 8.44. The van der Waals surface area contributed by atoms with E-state index in [9.17, 15) is 13.2 Å². The number of amides is 1. The molecular formula is C21H24N2O4S. The van der Waals surface area contributed by atoms with Crippen molar-refractivity contribution in [2.24, 2.45) is 0 Å². The molecule has 0 fully saturated rings. The van der Waals surface area contributed by atoms with Crippen LogP contribution in [0.4, 0.5) is 0 Å². The van der Waals surface area contributed by atoms with Gasteiger partial charge in [0.1, 0.15) is 11.3 Å². The van der Waals surface area contributed by atoms with Crippen molar-refractivity contribution in [2.75, 3.05) is 13.1 Å². The van der Waals surface area contributed by atoms with Crippen molar-refractivity contribution in [1.29, 1.82) is 0 Å². The molecule has 0 spiro atoms. The summed E-state index contributed by atoms with van der Waals surface area (Å²) in [6.45, 7) is 6.14. The predicted octanol–water partition coefficient (Wildman–Crippen LogP) is 3.95. The maximum atomic E-state index is 12.7. The summed E-state index contributed by atoms with van der Waals surface area (Å²) in [6.07, 6.45) is 0. The maximum absolute atomic E-state index is 12.7. The van der Waals surface area contributed by atoms with Crippen LogP contribution >= 0.6 is 0 Å². The van der Waals surface area contributed by atoms with Gasteiger partial charge in [-0.15, -0.1) is 0 Å². The Labute approximate surface area is 165 Å². The van der Waals surface area contributed by atoms with Crippen LogP contribution in [0.2, 0.25) is 0 Å². The van der Waals surface area contributed by atoms with E-state index in [0.717, 1.165) is 11.0 Å². The molecule has 1 aromatic heterocycles. The van der Waals surface area contributed by atoms with E-state index in [1.54, 1.807) is 26.0 Å². The molecule has 0 saturated heterocycles. The molecule has 0 aliphatic rings. The van der Waals surface area contributed by atoms with E-state index in [1.165, 1.54) is 16.4 Å². The number of carbonyl (C=O) groups excluding carboxylic acids is 1. The van der Waals surface area contributed by atoms with Crippen molar-refractivity contribution in [3.05, 3.63) is 65.9 Å². The van der Waals surface area contributed by atoms with Gasteiger partial charge in [0.15, 0.2) is 0 Å². The molecule has 28 heavy (non-hydrogen) atoms. The molecule has 2 aromatic carbocycles. The molecule has 1 unspecified atom stereocenters. The van der Waals surface area contributed by atoms with Gasteiger partial charge in [-0.25, -0.2) is 8.42 Å². The fraction of sp³-hybridized carbons (Fsp3) is 0.286. The minimum atomic E-state index is -3.62. The Hall–Kier alpha value is -2.64. The van der Waals surface area contributed by atoms with Crippen LogP contribution in [0.3, 0.4) is 0 Å². The molecular weight excluding hydrogens is 376 g/mol. The van der Waals surface area contributed by atoms with E-state index in [0.29, 0.717) is 18.8 Å². The van der Waals surface area contributed by atoms with Crippen LogP contribution in [-0.4, -0.2) is 31.7 Å². The standard InChI is InChI=1S/C21H24N2O4S/c1-4-23(5-2)28(25,26)18-11-8-10-17(13-18)21(24)22-15(3)20-14-16-9-6-7-12-19(16)27-20/h6-15H,4-5H2,1-3H3,(H,22,24). The van der Waals surface area contributed by atoms with Gasteiger partial charge in [0.2, 0.25) is 10.0 Å². The molecule has 0 saturated carbocycles. The molecule has 1 atom stereocenters. The number of nitrogens with zero attached hydrogens (tertiary/aromatic N) is 1. The lowest BCUT2D eigenvalue weighted by atomic mass is 10.1. The maximum Gasteiger partial charge on any atom is 0.251 e. The average Bonchev–Trinajstić information content (AvgIpc) is 3.13. The van der Waals surface area contributed by atoms with Gasteiger partial charge >= 0.3 is 0 Å². The first kappa shape index (κ1) is 20.1. The van der Waals surface area contributed by atoms with Crippen LogP contribution in [0.15, 0.2) is 63.9 Å². The topological polar surface area (TPSA) is 79.6 Å². The Morgan fingerprint density at radius 2 is 1.79 bits per heavy atom. The number of hydrogen-bond acceptors (Lipinski definition) is 4. The summed E-state index contributed by atoms with van der Waals surface area (Å²) in [6, 6.07) is 15.3. The minimum Gasteiger partial charge on any atom is -0.459 e. The summed E-state index contributed by atoms with van der Waals surface area (Å²) in [5, 5.41) is 3.83. The highest BCUT2D eigenvalue weighted by atomic mass is 32.2. The number of fused-ring (bicyclic) bond motifs is 1. The summed E-state index contributed by atoms with van der Waals surface area (Å²) < 4.78 is 32.5. The molecule has 1 N–H and O–H groups in total. The highest BCUT2D eigenvalue weighted by Crippen LogP contribution is 2.24. The van der Waals surface area contributed by atoms with Crippen LogP contribution in [0.5, 0.6) is 0 Å². The van der Waals surface area contributed by atoms with Gasteiger partial charge in [-0.3, -0.25) is 4.79 Å². The number of rotatable bonds is 7. The van der Waals surface area contributed by atoms with E-state index < -0.39 is 10.0 Å². The van der Waals surface area contributed by atoms with Gasteiger partial charge < -0.3 is 9.73 Å². The Bertz CT molecular complexity index is 1050. The van der Waals surface area contributed by atoms with E-state index in [4.69, 9.17) is 4.42 Å². The number of nitrogens with one attached hydrogen (secondary N) is 1. The van der Waals surface area contributed by atoms with E-state index >= 15 is 0 Å². The lowest BCUT2D eigenvalue weighted by Gasteiger charge is -2.19. The third kappa shape index (κ3) is 3.95. The number of carbonyl (C=O) groups is 1. The fourth-order valence-electron chi connectivity index (χ4n) is 3.08. The lowest BCUT2D eigenvalue weighted by molar-refractivity contribution is 0.0935. The van der Waals surface area contributed by atoms with Crippen molar-refractivity contribution in [3.63, 3.8) is 0 Å². The first-order chi connectivity index (χ1) is 13.4. The fourth-order valence-corrected chi connectivity index (χ4v) is 4.58. The molecule has 148 valence electrons. The molecule has 7 heteroatoms. The minimum absolute atomic E-state index is 0.111. The van der Waals surface area contributed by atoms with Gasteiger partial charge in [-0.1, -0.05) is 38.1 Å². The molecule has 0 radical (unpaired) electrons. The number of furan rings is 1. The number of benzene rings is 2. The van der Waals surface area contributed by atoms with Gasteiger partial charge in [-0.2, -0.15) is 4.31 Å². The van der Waals surface area contributed by atoms with E-state index in [1.807, 2.05) is 37.3 Å². The molecule has 0 aliphatic carbocycles. The van der Waals surface area contributed by atoms with E-state index in [-0.39, 0.29) is 22.4 Å². The third-order valence-electron chi connectivity index (χ3n) is 4.66. The zero-order chi connectivity index (χ0) is 20.3. The van der Waals surface area contributed by atoms with Gasteiger partial charge in [0.25, 0.3) is 5.91 Å². The second-order valence-electron chi connectivity index (χ2n) is 6.50. The van der Waals surface area contributed by atoms with Crippen LogP contribution in [0, 0.1) is 0 Å². The normalized spacial score (nSPS) is 13.0. The monoisotopic (exact) mass is 400 g/mol.